The third-order valence-corrected chi connectivity index (χ3v) is 4.18. The predicted molar refractivity (Wildman–Crippen MR) is 98.7 cm³/mol. The summed E-state index contributed by atoms with van der Waals surface area (Å²) in [5.74, 6) is 0.823. The van der Waals surface area contributed by atoms with Gasteiger partial charge in [0.2, 0.25) is 0 Å². The number of H-pyrrole nitrogens is 1. The summed E-state index contributed by atoms with van der Waals surface area (Å²) in [5, 5.41) is 10.5. The number of aromatic amines is 1. The Labute approximate surface area is 151 Å². The van der Waals surface area contributed by atoms with Crippen molar-refractivity contribution in [3.63, 3.8) is 0 Å². The summed E-state index contributed by atoms with van der Waals surface area (Å²) < 4.78 is 2.34. The Morgan fingerprint density at radius 3 is 2.83 bits per heavy atom. The second-order valence-corrected chi connectivity index (χ2v) is 6.72. The van der Waals surface area contributed by atoms with Gasteiger partial charge >= 0.3 is 0 Å². The lowest BCUT2D eigenvalue weighted by atomic mass is 10.0. The van der Waals surface area contributed by atoms with E-state index < -0.39 is 0 Å². The van der Waals surface area contributed by atoms with Crippen LogP contribution >= 0.6 is 23.8 Å². The van der Waals surface area contributed by atoms with Crippen LogP contribution in [0.3, 0.4) is 0 Å². The number of amides is 1. The summed E-state index contributed by atoms with van der Waals surface area (Å²) in [6.45, 7) is 8.46. The molecule has 2 aromatic rings. The largest absolute Gasteiger partial charge is 0.342 e. The number of carbonyl (C=O) groups excluding carboxylic acids is 1. The second-order valence-electron chi connectivity index (χ2n) is 5.92. The lowest BCUT2D eigenvalue weighted by Crippen LogP contribution is -2.31. The molecule has 128 valence electrons. The van der Waals surface area contributed by atoms with Gasteiger partial charge in [-0.15, -0.1) is 6.58 Å². The number of benzene rings is 1. The quantitative estimate of drug-likeness (QED) is 0.568. The van der Waals surface area contributed by atoms with Crippen molar-refractivity contribution in [2.45, 2.75) is 32.9 Å². The lowest BCUT2D eigenvalue weighted by Gasteiger charge is -2.21. The molecule has 0 saturated carbocycles. The SMILES string of the molecule is C=CCn1c([C@@H](CC(C)C)NC(=O)c2ccccc2Cl)n[nH]c1=S. The smallest absolute Gasteiger partial charge is 0.253 e. The van der Waals surface area contributed by atoms with E-state index in [4.69, 9.17) is 23.8 Å². The van der Waals surface area contributed by atoms with Crippen LogP contribution in [0.2, 0.25) is 5.02 Å². The van der Waals surface area contributed by atoms with Crippen molar-refractivity contribution >= 4 is 29.7 Å². The van der Waals surface area contributed by atoms with Crippen molar-refractivity contribution < 1.29 is 4.79 Å². The Morgan fingerprint density at radius 2 is 2.21 bits per heavy atom. The van der Waals surface area contributed by atoms with Crippen LogP contribution in [0.25, 0.3) is 0 Å². The van der Waals surface area contributed by atoms with Gasteiger partial charge in [0, 0.05) is 6.54 Å². The second kappa shape index (κ2) is 8.26. The molecular formula is C17H21ClN4OS. The summed E-state index contributed by atoms with van der Waals surface area (Å²) >= 11 is 11.4. The fraction of sp³-hybridized carbons (Fsp3) is 0.353. The molecule has 1 aromatic heterocycles. The van der Waals surface area contributed by atoms with Crippen LogP contribution in [0.1, 0.15) is 42.5 Å². The van der Waals surface area contributed by atoms with Crippen molar-refractivity contribution in [1.82, 2.24) is 20.1 Å². The zero-order valence-corrected chi connectivity index (χ0v) is 15.3. The van der Waals surface area contributed by atoms with Crippen LogP contribution in [0.15, 0.2) is 36.9 Å². The van der Waals surface area contributed by atoms with Gasteiger partial charge in [0.1, 0.15) is 0 Å². The minimum absolute atomic E-state index is 0.231. The topological polar surface area (TPSA) is 62.7 Å². The van der Waals surface area contributed by atoms with E-state index in [1.165, 1.54) is 0 Å². The Balaban J connectivity index is 2.33. The van der Waals surface area contributed by atoms with Gasteiger partial charge in [-0.1, -0.05) is 43.7 Å². The molecule has 0 radical (unpaired) electrons. The number of halogens is 1. The summed E-state index contributed by atoms with van der Waals surface area (Å²) in [6.07, 6.45) is 2.48. The Morgan fingerprint density at radius 1 is 1.50 bits per heavy atom. The molecular weight excluding hydrogens is 344 g/mol. The van der Waals surface area contributed by atoms with Crippen LogP contribution in [-0.2, 0) is 6.54 Å². The van der Waals surface area contributed by atoms with Gasteiger partial charge in [0.05, 0.1) is 16.6 Å². The number of hydrogen-bond donors (Lipinski definition) is 2. The molecule has 2 N–H and O–H groups in total. The van der Waals surface area contributed by atoms with Gasteiger partial charge in [-0.25, -0.2) is 0 Å². The van der Waals surface area contributed by atoms with Crippen molar-refractivity contribution in [2.24, 2.45) is 5.92 Å². The molecule has 5 nitrogen and oxygen atoms in total. The Kier molecular flexibility index (Phi) is 6.34. The van der Waals surface area contributed by atoms with E-state index in [2.05, 4.69) is 35.9 Å². The lowest BCUT2D eigenvalue weighted by molar-refractivity contribution is 0.0929. The van der Waals surface area contributed by atoms with E-state index in [9.17, 15) is 4.79 Å². The summed E-state index contributed by atoms with van der Waals surface area (Å²) in [7, 11) is 0. The molecule has 2 rings (SSSR count). The van der Waals surface area contributed by atoms with E-state index in [0.717, 1.165) is 6.42 Å². The summed E-state index contributed by atoms with van der Waals surface area (Å²) in [5.41, 5.74) is 0.442. The van der Waals surface area contributed by atoms with Crippen LogP contribution in [0.4, 0.5) is 0 Å². The summed E-state index contributed by atoms with van der Waals surface area (Å²) in [6, 6.07) is 6.69. The van der Waals surface area contributed by atoms with Crippen LogP contribution in [0, 0.1) is 10.7 Å². The first-order valence-electron chi connectivity index (χ1n) is 7.75. The number of allylic oxidation sites excluding steroid dienone is 1. The molecule has 0 unspecified atom stereocenters. The van der Waals surface area contributed by atoms with E-state index >= 15 is 0 Å². The highest BCUT2D eigenvalue weighted by Gasteiger charge is 2.23. The molecule has 0 aliphatic carbocycles. The summed E-state index contributed by atoms with van der Waals surface area (Å²) in [4.78, 5) is 12.6. The number of nitrogens with zero attached hydrogens (tertiary/aromatic N) is 2. The number of hydrogen-bond acceptors (Lipinski definition) is 3. The maximum atomic E-state index is 12.6. The van der Waals surface area contributed by atoms with E-state index in [1.54, 1.807) is 30.3 Å². The fourth-order valence-electron chi connectivity index (χ4n) is 2.48. The number of nitrogens with one attached hydrogen (secondary N) is 2. The first-order valence-corrected chi connectivity index (χ1v) is 8.54. The molecule has 1 atom stereocenters. The molecule has 1 aromatic carbocycles. The van der Waals surface area contributed by atoms with Crippen molar-refractivity contribution in [3.05, 3.63) is 58.1 Å². The molecule has 0 saturated heterocycles. The Hall–Kier alpha value is -1.92. The molecule has 24 heavy (non-hydrogen) atoms. The molecule has 1 heterocycles. The van der Waals surface area contributed by atoms with Gasteiger partial charge < -0.3 is 5.32 Å². The first-order chi connectivity index (χ1) is 11.4. The minimum atomic E-state index is -0.276. The fourth-order valence-corrected chi connectivity index (χ4v) is 2.92. The number of rotatable bonds is 7. The van der Waals surface area contributed by atoms with E-state index in [0.29, 0.717) is 33.6 Å². The van der Waals surface area contributed by atoms with E-state index in [-0.39, 0.29) is 11.9 Å². The van der Waals surface area contributed by atoms with E-state index in [1.807, 2.05) is 4.57 Å². The predicted octanol–water partition coefficient (Wildman–Crippen LogP) is 4.30. The van der Waals surface area contributed by atoms with Gasteiger partial charge in [-0.2, -0.15) is 5.10 Å². The van der Waals surface area contributed by atoms with Crippen molar-refractivity contribution in [3.8, 4) is 0 Å². The zero-order chi connectivity index (χ0) is 17.7. The minimum Gasteiger partial charge on any atom is -0.342 e. The first kappa shape index (κ1) is 18.4. The van der Waals surface area contributed by atoms with Gasteiger partial charge in [-0.3, -0.25) is 14.5 Å². The van der Waals surface area contributed by atoms with Gasteiger partial charge in [0.15, 0.2) is 10.6 Å². The highest BCUT2D eigenvalue weighted by atomic mass is 35.5. The zero-order valence-electron chi connectivity index (χ0n) is 13.8. The molecule has 0 spiro atoms. The molecule has 7 heteroatoms. The van der Waals surface area contributed by atoms with Crippen LogP contribution < -0.4 is 5.32 Å². The normalized spacial score (nSPS) is 12.2. The monoisotopic (exact) mass is 364 g/mol. The standard InChI is InChI=1S/C17H21ClN4OS/c1-4-9-22-15(20-21-17(22)24)14(10-11(2)3)19-16(23)12-7-5-6-8-13(12)18/h4-8,11,14H,1,9-10H2,2-3H3,(H,19,23)(H,21,24)/t14-/m1/s1. The third kappa shape index (κ3) is 4.33. The van der Waals surface area contributed by atoms with Crippen molar-refractivity contribution in [1.29, 1.82) is 0 Å². The average molecular weight is 365 g/mol. The number of aromatic nitrogens is 3. The van der Waals surface area contributed by atoms with Crippen molar-refractivity contribution in [2.75, 3.05) is 0 Å². The van der Waals surface area contributed by atoms with Crippen LogP contribution in [0.5, 0.6) is 0 Å². The maximum Gasteiger partial charge on any atom is 0.253 e. The Bertz CT molecular complexity index is 781. The van der Waals surface area contributed by atoms with Crippen LogP contribution in [-0.4, -0.2) is 20.7 Å². The molecule has 0 aliphatic rings. The molecule has 0 aliphatic heterocycles. The average Bonchev–Trinajstić information content (AvgIpc) is 2.88. The van der Waals surface area contributed by atoms with Gasteiger partial charge in [-0.05, 0) is 36.7 Å². The number of carbonyl (C=O) groups is 1. The highest BCUT2D eigenvalue weighted by Crippen LogP contribution is 2.22. The third-order valence-electron chi connectivity index (χ3n) is 3.54. The molecule has 1 amide bonds. The molecule has 0 fully saturated rings. The van der Waals surface area contributed by atoms with Gasteiger partial charge in [0.25, 0.3) is 5.91 Å². The molecule has 0 bridgehead atoms. The maximum absolute atomic E-state index is 12.6. The highest BCUT2D eigenvalue weighted by molar-refractivity contribution is 7.71.